The molecule has 3 rings (SSSR count). The topological polar surface area (TPSA) is 105 Å². The van der Waals surface area contributed by atoms with Gasteiger partial charge in [0.2, 0.25) is 0 Å². The van der Waals surface area contributed by atoms with E-state index < -0.39 is 10.8 Å². The fourth-order valence-electron chi connectivity index (χ4n) is 3.27. The molecule has 0 aliphatic heterocycles. The molecule has 0 unspecified atom stereocenters. The van der Waals surface area contributed by atoms with E-state index in [-0.39, 0.29) is 17.9 Å². The third-order valence-electron chi connectivity index (χ3n) is 5.18. The number of halogens is 1. The summed E-state index contributed by atoms with van der Waals surface area (Å²) in [6.45, 7) is 5.78. The van der Waals surface area contributed by atoms with Crippen LogP contribution in [-0.4, -0.2) is 10.8 Å². The number of nitriles is 1. The van der Waals surface area contributed by atoms with Gasteiger partial charge in [-0.3, -0.25) is 14.9 Å². The second kappa shape index (κ2) is 11.6. The van der Waals surface area contributed by atoms with Crippen LogP contribution in [0.25, 0.3) is 6.08 Å². The predicted octanol–water partition coefficient (Wildman–Crippen LogP) is 6.41. The Bertz CT molecular complexity index is 1340. The molecule has 3 aromatic carbocycles. The fraction of sp³-hybridized carbons (Fsp3) is 0.111. The van der Waals surface area contributed by atoms with Gasteiger partial charge in [0.05, 0.1) is 4.92 Å². The van der Waals surface area contributed by atoms with E-state index in [0.29, 0.717) is 34.0 Å². The molecule has 1 amide bonds. The Hall–Kier alpha value is -4.41. The van der Waals surface area contributed by atoms with Crippen LogP contribution in [0, 0.1) is 28.4 Å². The summed E-state index contributed by atoms with van der Waals surface area (Å²) in [5, 5.41) is 23.6. The number of allylic oxidation sites excluding steroid dienone is 1. The zero-order chi connectivity index (χ0) is 25.4. The molecule has 0 atom stereocenters. The van der Waals surface area contributed by atoms with Gasteiger partial charge >= 0.3 is 0 Å². The lowest BCUT2D eigenvalue weighted by Gasteiger charge is -2.12. The first-order valence-electron chi connectivity index (χ1n) is 10.6. The van der Waals surface area contributed by atoms with Crippen molar-refractivity contribution in [1.82, 2.24) is 0 Å². The van der Waals surface area contributed by atoms with Gasteiger partial charge in [-0.05, 0) is 78.1 Å². The summed E-state index contributed by atoms with van der Waals surface area (Å²) >= 11 is 6.11. The molecule has 0 aliphatic carbocycles. The molecule has 0 bridgehead atoms. The minimum absolute atomic E-state index is 0.0140. The van der Waals surface area contributed by atoms with E-state index in [9.17, 15) is 20.2 Å². The first kappa shape index (κ1) is 25.2. The second-order valence-electron chi connectivity index (χ2n) is 7.61. The molecule has 0 fully saturated rings. The maximum Gasteiger partial charge on any atom is 0.269 e. The zero-order valence-electron chi connectivity index (χ0n) is 19.0. The number of ether oxygens (including phenoxy) is 1. The SMILES string of the molecule is C=CCc1cc(/C=C(/C#N)C(=O)Nc2cccc(Cl)c2C)ccc1OCc1ccc([N+](=O)[O-])cc1. The highest BCUT2D eigenvalue weighted by atomic mass is 35.5. The van der Waals surface area contributed by atoms with Crippen LogP contribution in [0.3, 0.4) is 0 Å². The smallest absolute Gasteiger partial charge is 0.269 e. The molecule has 0 saturated heterocycles. The zero-order valence-corrected chi connectivity index (χ0v) is 19.7. The number of benzene rings is 3. The first-order valence-corrected chi connectivity index (χ1v) is 11.0. The summed E-state index contributed by atoms with van der Waals surface area (Å²) in [4.78, 5) is 23.0. The summed E-state index contributed by atoms with van der Waals surface area (Å²) in [6.07, 6.45) is 3.73. The van der Waals surface area contributed by atoms with Gasteiger partial charge < -0.3 is 10.1 Å². The van der Waals surface area contributed by atoms with Gasteiger partial charge in [-0.1, -0.05) is 29.8 Å². The molecular formula is C27H22ClN3O4. The summed E-state index contributed by atoms with van der Waals surface area (Å²) in [5.74, 6) is 0.0690. The van der Waals surface area contributed by atoms with Crippen LogP contribution in [0.2, 0.25) is 5.02 Å². The van der Waals surface area contributed by atoms with E-state index in [4.69, 9.17) is 16.3 Å². The maximum absolute atomic E-state index is 12.7. The Kier molecular flexibility index (Phi) is 8.38. The lowest BCUT2D eigenvalue weighted by molar-refractivity contribution is -0.384. The average molecular weight is 488 g/mol. The first-order chi connectivity index (χ1) is 16.8. The van der Waals surface area contributed by atoms with Crippen LogP contribution < -0.4 is 10.1 Å². The molecule has 35 heavy (non-hydrogen) atoms. The van der Waals surface area contributed by atoms with Gasteiger partial charge in [-0.15, -0.1) is 6.58 Å². The standard InChI is InChI=1S/C27H22ClN3O4/c1-3-5-21-14-20(10-13-26(21)35-17-19-8-11-23(12-9-19)31(33)34)15-22(16-29)27(32)30-25-7-4-6-24(28)18(25)2/h3-4,6-15H,1,5,17H2,2H3,(H,30,32)/b22-15-. The Morgan fingerprint density at radius 1 is 1.23 bits per heavy atom. The Balaban J connectivity index is 1.78. The highest BCUT2D eigenvalue weighted by molar-refractivity contribution is 6.31. The lowest BCUT2D eigenvalue weighted by Crippen LogP contribution is -2.14. The molecule has 0 spiro atoms. The van der Waals surface area contributed by atoms with Crippen molar-refractivity contribution in [2.24, 2.45) is 0 Å². The van der Waals surface area contributed by atoms with Crippen molar-refractivity contribution in [3.63, 3.8) is 0 Å². The number of nitro groups is 1. The Labute approximate surface area is 208 Å². The lowest BCUT2D eigenvalue weighted by atomic mass is 10.0. The number of carbonyl (C=O) groups excluding carboxylic acids is 1. The van der Waals surface area contributed by atoms with Crippen LogP contribution in [0.1, 0.15) is 22.3 Å². The summed E-state index contributed by atoms with van der Waals surface area (Å²) in [6, 6.07) is 18.6. The maximum atomic E-state index is 12.7. The minimum atomic E-state index is -0.540. The number of hydrogen-bond donors (Lipinski definition) is 1. The number of amides is 1. The van der Waals surface area contributed by atoms with Gasteiger partial charge in [0.25, 0.3) is 11.6 Å². The molecule has 0 radical (unpaired) electrons. The number of hydrogen-bond acceptors (Lipinski definition) is 5. The number of nitrogens with one attached hydrogen (secondary N) is 1. The van der Waals surface area contributed by atoms with Crippen LogP contribution in [0.15, 0.2) is 78.9 Å². The second-order valence-corrected chi connectivity index (χ2v) is 8.02. The molecule has 7 nitrogen and oxygen atoms in total. The van der Waals surface area contributed by atoms with E-state index in [1.807, 2.05) is 12.1 Å². The molecule has 0 aliphatic rings. The van der Waals surface area contributed by atoms with Gasteiger partial charge in [0.15, 0.2) is 0 Å². The molecule has 8 heteroatoms. The molecular weight excluding hydrogens is 466 g/mol. The molecule has 3 aromatic rings. The Morgan fingerprint density at radius 3 is 2.63 bits per heavy atom. The third-order valence-corrected chi connectivity index (χ3v) is 5.59. The van der Waals surface area contributed by atoms with Crippen LogP contribution in [0.4, 0.5) is 11.4 Å². The van der Waals surface area contributed by atoms with Crippen molar-refractivity contribution in [1.29, 1.82) is 5.26 Å². The van der Waals surface area contributed by atoms with Crippen molar-refractivity contribution in [2.45, 2.75) is 20.0 Å². The van der Waals surface area contributed by atoms with Crippen molar-refractivity contribution in [2.75, 3.05) is 5.32 Å². The Morgan fingerprint density at radius 2 is 1.97 bits per heavy atom. The van der Waals surface area contributed by atoms with E-state index in [1.165, 1.54) is 18.2 Å². The largest absolute Gasteiger partial charge is 0.489 e. The number of nitro benzene ring substituents is 1. The number of nitrogens with zero attached hydrogens (tertiary/aromatic N) is 2. The van der Waals surface area contributed by atoms with Crippen molar-refractivity contribution in [3.05, 3.63) is 116 Å². The highest BCUT2D eigenvalue weighted by Crippen LogP contribution is 2.26. The number of anilines is 1. The van der Waals surface area contributed by atoms with Crippen LogP contribution in [0.5, 0.6) is 5.75 Å². The van der Waals surface area contributed by atoms with Gasteiger partial charge in [-0.2, -0.15) is 5.26 Å². The number of rotatable bonds is 9. The number of carbonyl (C=O) groups is 1. The van der Waals surface area contributed by atoms with Crippen LogP contribution >= 0.6 is 11.6 Å². The van der Waals surface area contributed by atoms with Gasteiger partial charge in [-0.25, -0.2) is 0 Å². The van der Waals surface area contributed by atoms with Crippen LogP contribution in [-0.2, 0) is 17.8 Å². The minimum Gasteiger partial charge on any atom is -0.489 e. The number of non-ortho nitro benzene ring substituents is 1. The van der Waals surface area contributed by atoms with E-state index in [0.717, 1.165) is 11.1 Å². The molecule has 0 aromatic heterocycles. The molecule has 0 saturated carbocycles. The van der Waals surface area contributed by atoms with Crippen molar-refractivity contribution < 1.29 is 14.5 Å². The van der Waals surface area contributed by atoms with Crippen molar-refractivity contribution in [3.8, 4) is 11.8 Å². The van der Waals surface area contributed by atoms with E-state index >= 15 is 0 Å². The molecule has 176 valence electrons. The molecule has 0 heterocycles. The summed E-state index contributed by atoms with van der Waals surface area (Å²) in [7, 11) is 0. The van der Waals surface area contributed by atoms with Crippen molar-refractivity contribution >= 4 is 35.0 Å². The van der Waals surface area contributed by atoms with Gasteiger partial charge in [0, 0.05) is 22.8 Å². The predicted molar refractivity (Wildman–Crippen MR) is 136 cm³/mol. The monoisotopic (exact) mass is 487 g/mol. The highest BCUT2D eigenvalue weighted by Gasteiger charge is 2.13. The average Bonchev–Trinajstić information content (AvgIpc) is 2.85. The summed E-state index contributed by atoms with van der Waals surface area (Å²) < 4.78 is 5.92. The summed E-state index contributed by atoms with van der Waals surface area (Å²) in [5.41, 5.74) is 3.45. The van der Waals surface area contributed by atoms with E-state index in [2.05, 4.69) is 11.9 Å². The fourth-order valence-corrected chi connectivity index (χ4v) is 3.44. The van der Waals surface area contributed by atoms with Gasteiger partial charge in [0.1, 0.15) is 24.0 Å². The van der Waals surface area contributed by atoms with E-state index in [1.54, 1.807) is 55.5 Å². The quantitative estimate of drug-likeness (QED) is 0.123. The molecule has 1 N–H and O–H groups in total. The third kappa shape index (κ3) is 6.56. The normalized spacial score (nSPS) is 10.8.